The van der Waals surface area contributed by atoms with Crippen LogP contribution in [0.5, 0.6) is 0 Å². The quantitative estimate of drug-likeness (QED) is 0.0535. The number of hydrogen-bond donors (Lipinski definition) is 2. The highest BCUT2D eigenvalue weighted by Crippen LogP contribution is 1.98. The van der Waals surface area contributed by atoms with Gasteiger partial charge in [0.2, 0.25) is 7.83 Å². The third-order valence-corrected chi connectivity index (χ3v) is 365. The Kier molecular flexibility index (Phi) is 42.0. The van der Waals surface area contributed by atoms with Crippen LogP contribution in [0.4, 0.5) is 0 Å². The van der Waals surface area contributed by atoms with Gasteiger partial charge in [0.05, 0.1) is 0 Å². The van der Waals surface area contributed by atoms with Crippen LogP contribution in [0.15, 0.2) is 0 Å². The van der Waals surface area contributed by atoms with Crippen molar-refractivity contribution in [1.29, 1.82) is 0 Å². The molecule has 0 rings (SSSR count). The van der Waals surface area contributed by atoms with Gasteiger partial charge in [0.25, 0.3) is 9.28 Å². The van der Waals surface area contributed by atoms with Crippen LogP contribution in [0.1, 0.15) is 0 Å². The van der Waals surface area contributed by atoms with E-state index in [1.165, 1.54) is 0 Å². The molecule has 0 aliphatic carbocycles. The molecular weight excluding hydrogens is 2050 g/mol. The second-order valence-electron chi connectivity index (χ2n) is 16.2. The molecule has 0 fully saturated rings. The monoisotopic (exact) mass is 2050 g/mol. The molecule has 476 valence electrons. The molecule has 0 unspecified atom stereocenters. The predicted octanol–water partition coefficient (Wildman–Crippen LogP) is -22.7. The molecule has 0 aromatic heterocycles. The summed E-state index contributed by atoms with van der Waals surface area (Å²) < 4.78 is 556. The highest BCUT2D eigenvalue weighted by Gasteiger charge is 2.61. The summed E-state index contributed by atoms with van der Waals surface area (Å²) in [7, 11) is -209. The molecule has 0 spiro atoms. The maximum atomic E-state index is 12.8. The normalized spacial score (nSPS) is 10.1. The van der Waals surface area contributed by atoms with Gasteiger partial charge in [0, 0.05) is 0 Å². The van der Waals surface area contributed by atoms with Crippen molar-refractivity contribution in [1.82, 2.24) is 0 Å². The topological polar surface area (TPSA) is 792 Å². The molecule has 2 radical (unpaired) electrons. The summed E-state index contributed by atoms with van der Waals surface area (Å²) in [6, 6.07) is 0. The highest BCUT2D eigenvalue weighted by molar-refractivity contribution is 7.87. The highest BCUT2D eigenvalue weighted by atomic mass is 30.2. The third kappa shape index (κ3) is 24.1. The van der Waals surface area contributed by atoms with Gasteiger partial charge in [-0.25, -0.2) is 0 Å². The van der Waals surface area contributed by atoms with Crippen LogP contribution in [-0.4, -0.2) is 366 Å². The molecule has 0 saturated heterocycles. The van der Waals surface area contributed by atoms with Gasteiger partial charge >= 0.3 is 340 Å². The van der Waals surface area contributed by atoms with E-state index in [4.69, 9.17) is 4.80 Å². The second kappa shape index (κ2) is 41.6. The largest absolute Gasteiger partial charge is 0.429 e. The Labute approximate surface area is 568 Å². The van der Waals surface area contributed by atoms with Crippen LogP contribution >= 0.6 is 0 Å². The first-order chi connectivity index (χ1) is 42.6. The fraction of sp³-hybridized carbons (Fsp3) is 1.00. The van der Waals surface area contributed by atoms with E-state index < -0.39 is 357 Å². The lowest BCUT2D eigenvalue weighted by Gasteiger charge is -2.06. The Balaban J connectivity index is 6.02. The lowest BCUT2D eigenvalue weighted by molar-refractivity contribution is 0.530. The SMILES string of the molecule is C[Si](C)(O)[Si](=O)[Si](=O)[Si](=O)[Si](=O)[Si](=O)[Si](=O)[Si](=O)[Si](=O)[Si](=O)[Si](=O)[Si](=O)[Si](=O)[Si](=O)[Si](=O)[Si](=O)[Si](=O)[Si](=O)[Si](=O)[Si](=O)[Si](=O)[Si](=O)[Si](=O)[Si](=O)[Si](=O)[Si](=O)[Si](=O)[Si](=O)[Si](=O)[Si](=O)[Si](=O)[Si](=O)[Si](=O)[Si](=O)[Si](=O)[Si](=O)[Si](=O)[Si](=O)[Si](=O)[Si](=O)[Si](=O)[Si](=O)[Si](=O)[Si](=O)[Si](=O)[Si]O. The maximum Gasteiger partial charge on any atom is 0.381 e. The molecule has 0 saturated carbocycles. The van der Waals surface area contributed by atoms with Crippen molar-refractivity contribution in [3.8, 4) is 0 Å². The molecule has 94 heavy (non-hydrogen) atoms. The van der Waals surface area contributed by atoms with Crippen molar-refractivity contribution in [3.63, 3.8) is 0 Å². The van der Waals surface area contributed by atoms with Gasteiger partial charge in [0.1, 0.15) is 0 Å². The van der Waals surface area contributed by atoms with Crippen molar-refractivity contribution >= 4 is 357 Å². The molecule has 0 aliphatic heterocycles. The maximum absolute atomic E-state index is 12.8. The zero-order valence-electron chi connectivity index (χ0n) is 43.9. The molecule has 2 N–H and O–H groups in total. The fourth-order valence-corrected chi connectivity index (χ4v) is 535. The van der Waals surface area contributed by atoms with Crippen molar-refractivity contribution in [2.45, 2.75) is 13.1 Å². The minimum Gasteiger partial charge on any atom is -0.429 e. The van der Waals surface area contributed by atoms with Crippen molar-refractivity contribution in [2.24, 2.45) is 0 Å². The first-order valence-corrected chi connectivity index (χ1v) is 133. The predicted molar refractivity (Wildman–Crippen MR) is 311 cm³/mol. The number of hydrogen-bond acceptors (Lipinski definition) is 46. The molecule has 0 aliphatic rings. The summed E-state index contributed by atoms with van der Waals surface area (Å²) in [6.07, 6.45) is 0. The molecule has 46 nitrogen and oxygen atoms in total. The Bertz CT molecular complexity index is 4300. The van der Waals surface area contributed by atoms with Crippen molar-refractivity contribution < 1.29 is 206 Å². The molecule has 0 heterocycles. The van der Waals surface area contributed by atoms with Crippen molar-refractivity contribution in [3.05, 3.63) is 0 Å². The van der Waals surface area contributed by atoms with E-state index in [0.717, 1.165) is 13.1 Å². The number of rotatable bonds is 45. The molecule has 0 aromatic carbocycles. The van der Waals surface area contributed by atoms with Crippen molar-refractivity contribution in [2.75, 3.05) is 0 Å². The average molecular weight is 2060 g/mol. The van der Waals surface area contributed by atoms with E-state index in [1.807, 2.05) is 0 Å². The lowest BCUT2D eigenvalue weighted by atomic mass is 11.9. The summed E-state index contributed by atoms with van der Waals surface area (Å²) in [5.41, 5.74) is 0. The van der Waals surface area contributed by atoms with Gasteiger partial charge in [-0.3, -0.25) is 0 Å². The minimum atomic E-state index is -4.91. The van der Waals surface area contributed by atoms with Gasteiger partial charge in [-0.15, -0.1) is 0 Å². The summed E-state index contributed by atoms with van der Waals surface area (Å²) in [5.74, 6) is 0. The molecule has 92 heteroatoms. The Morgan fingerprint density at radius 3 is 0.309 bits per heavy atom. The first-order valence-electron chi connectivity index (χ1n) is 21.7. The Hall–Kier alpha value is 1.10. The van der Waals surface area contributed by atoms with Crippen LogP contribution in [0, 0.1) is 0 Å². The van der Waals surface area contributed by atoms with Crippen LogP contribution in [0.3, 0.4) is 0 Å². The van der Waals surface area contributed by atoms with E-state index in [0.29, 0.717) is 0 Å². The summed E-state index contributed by atoms with van der Waals surface area (Å²) in [4.78, 5) is 18.6. The zero-order chi connectivity index (χ0) is 74.6. The van der Waals surface area contributed by atoms with Gasteiger partial charge in [0.15, 0.2) is 0 Å². The lowest BCUT2D eigenvalue weighted by Crippen LogP contribution is -2.58. The molecule has 0 atom stereocenters. The van der Waals surface area contributed by atoms with Crippen LogP contribution in [0.2, 0.25) is 13.1 Å². The van der Waals surface area contributed by atoms with Crippen LogP contribution in [0.25, 0.3) is 0 Å². The van der Waals surface area contributed by atoms with E-state index in [-0.39, 0.29) is 0 Å². The van der Waals surface area contributed by atoms with Crippen LogP contribution in [-0.2, 0) is 196 Å². The molecule has 0 amide bonds. The van der Waals surface area contributed by atoms with E-state index in [1.54, 1.807) is 0 Å². The van der Waals surface area contributed by atoms with Gasteiger partial charge in [-0.05, 0) is 13.1 Å². The molecule has 0 aromatic rings. The fourth-order valence-electron chi connectivity index (χ4n) is 4.66. The van der Waals surface area contributed by atoms with E-state index in [9.17, 15) is 201 Å². The molecule has 0 bridgehead atoms. The van der Waals surface area contributed by atoms with Gasteiger partial charge < -0.3 is 206 Å². The Morgan fingerprint density at radius 2 is 0.234 bits per heavy atom. The second-order valence-corrected chi connectivity index (χ2v) is 239. The minimum absolute atomic E-state index is 0.968. The smallest absolute Gasteiger partial charge is 0.381 e. The van der Waals surface area contributed by atoms with Gasteiger partial charge in [-0.1, -0.05) is 0 Å². The van der Waals surface area contributed by atoms with Crippen LogP contribution < -0.4 is 0 Å². The summed E-state index contributed by atoms with van der Waals surface area (Å²) >= 11 is 0. The summed E-state index contributed by atoms with van der Waals surface area (Å²) in [5, 5.41) is 0. The third-order valence-electron chi connectivity index (χ3n) is 9.53. The summed E-state index contributed by atoms with van der Waals surface area (Å²) in [6.45, 7) is 1.94. The standard InChI is InChI=1S/C2H8O46Si46/c1-94(2,48)93(47)92(46)91(45)90(44)89(43)88(42)87(41)86(40)85(39)84(38)83(37)82(36)81(35)80(34)79(33)78(32)77(31)76(30)75(29)74(28)73(27)72(26)71(25)70(24)69(23)68(22)67(21)66(20)65(19)64(18)63(17)62(16)61(15)60(14)59(13)58(12)57(11)56(10)55(9)54(8)53(7)52(6)51(5)50(4)49-3/h3,48H,1-2H3. The average Bonchev–Trinajstić information content (AvgIpc) is 0.833. The Morgan fingerprint density at radius 1 is 0.160 bits per heavy atom. The first kappa shape index (κ1) is 95.1. The molecular formula is C2H8O46Si46. The van der Waals surface area contributed by atoms with E-state index in [2.05, 4.69) is 0 Å². The zero-order valence-corrected chi connectivity index (χ0v) is 89.9. The van der Waals surface area contributed by atoms with E-state index >= 15 is 0 Å². The van der Waals surface area contributed by atoms with Gasteiger partial charge in [-0.2, -0.15) is 0 Å².